The molecule has 0 radical (unpaired) electrons. The highest BCUT2D eigenvalue weighted by atomic mass is 16.2. The topological polar surface area (TPSA) is 56.7 Å². The molecule has 0 saturated carbocycles. The summed E-state index contributed by atoms with van der Waals surface area (Å²) >= 11 is 0. The SMILES string of the molecule is CC(=Nc1ccc(NC(=O)[C@@H]2CCCN2)cc1)N(C)C. The Morgan fingerprint density at radius 3 is 2.60 bits per heavy atom. The van der Waals surface area contributed by atoms with Crippen LogP contribution in [0.3, 0.4) is 0 Å². The lowest BCUT2D eigenvalue weighted by atomic mass is 10.2. The number of aliphatic imine (C=N–C) groups is 1. The Bertz CT molecular complexity index is 487. The van der Waals surface area contributed by atoms with E-state index in [1.807, 2.05) is 50.2 Å². The van der Waals surface area contributed by atoms with Crippen LogP contribution >= 0.6 is 0 Å². The van der Waals surface area contributed by atoms with E-state index in [1.54, 1.807) is 0 Å². The van der Waals surface area contributed by atoms with Crippen LogP contribution in [0, 0.1) is 0 Å². The van der Waals surface area contributed by atoms with Gasteiger partial charge in [-0.1, -0.05) is 0 Å². The van der Waals surface area contributed by atoms with Gasteiger partial charge in [-0.05, 0) is 50.6 Å². The Kier molecular flexibility index (Phi) is 4.74. The molecule has 0 aromatic heterocycles. The van der Waals surface area contributed by atoms with Crippen molar-refractivity contribution >= 4 is 23.1 Å². The number of benzene rings is 1. The lowest BCUT2D eigenvalue weighted by molar-refractivity contribution is -0.117. The summed E-state index contributed by atoms with van der Waals surface area (Å²) < 4.78 is 0. The number of nitrogens with zero attached hydrogens (tertiary/aromatic N) is 2. The smallest absolute Gasteiger partial charge is 0.241 e. The van der Waals surface area contributed by atoms with Gasteiger partial charge in [0.05, 0.1) is 11.7 Å². The van der Waals surface area contributed by atoms with E-state index >= 15 is 0 Å². The van der Waals surface area contributed by atoms with Crippen molar-refractivity contribution < 1.29 is 4.79 Å². The molecule has 5 heteroatoms. The van der Waals surface area contributed by atoms with Crippen molar-refractivity contribution in [3.05, 3.63) is 24.3 Å². The lowest BCUT2D eigenvalue weighted by Crippen LogP contribution is -2.35. The van der Waals surface area contributed by atoms with Crippen molar-refractivity contribution in [3.8, 4) is 0 Å². The fourth-order valence-electron chi connectivity index (χ4n) is 2.04. The van der Waals surface area contributed by atoms with Gasteiger partial charge in [0, 0.05) is 19.8 Å². The zero-order valence-corrected chi connectivity index (χ0v) is 12.3. The molecule has 0 unspecified atom stereocenters. The molecule has 1 aromatic carbocycles. The fraction of sp³-hybridized carbons (Fsp3) is 0.467. The number of carbonyl (C=O) groups excluding carboxylic acids is 1. The van der Waals surface area contributed by atoms with E-state index in [1.165, 1.54) is 0 Å². The molecule has 0 aliphatic carbocycles. The van der Waals surface area contributed by atoms with Crippen LogP contribution in [-0.2, 0) is 4.79 Å². The van der Waals surface area contributed by atoms with Crippen LogP contribution in [0.15, 0.2) is 29.3 Å². The summed E-state index contributed by atoms with van der Waals surface area (Å²) in [7, 11) is 3.92. The van der Waals surface area contributed by atoms with E-state index in [-0.39, 0.29) is 11.9 Å². The summed E-state index contributed by atoms with van der Waals surface area (Å²) in [6.07, 6.45) is 1.98. The van der Waals surface area contributed by atoms with E-state index in [0.29, 0.717) is 0 Å². The lowest BCUT2D eigenvalue weighted by Gasteiger charge is -2.12. The highest BCUT2D eigenvalue weighted by Crippen LogP contribution is 2.17. The third-order valence-corrected chi connectivity index (χ3v) is 3.45. The van der Waals surface area contributed by atoms with Gasteiger partial charge in [0.25, 0.3) is 0 Å². The number of amidine groups is 1. The number of carbonyl (C=O) groups is 1. The monoisotopic (exact) mass is 274 g/mol. The number of hydrogen-bond acceptors (Lipinski definition) is 3. The predicted octanol–water partition coefficient (Wildman–Crippen LogP) is 1.99. The maximum atomic E-state index is 12.0. The molecule has 2 N–H and O–H groups in total. The first-order chi connectivity index (χ1) is 9.56. The minimum Gasteiger partial charge on any atom is -0.366 e. The second-order valence-corrected chi connectivity index (χ2v) is 5.24. The third-order valence-electron chi connectivity index (χ3n) is 3.45. The average molecular weight is 274 g/mol. The summed E-state index contributed by atoms with van der Waals surface area (Å²) in [5.41, 5.74) is 1.69. The zero-order valence-electron chi connectivity index (χ0n) is 12.3. The average Bonchev–Trinajstić information content (AvgIpc) is 2.95. The van der Waals surface area contributed by atoms with Gasteiger partial charge >= 0.3 is 0 Å². The van der Waals surface area contributed by atoms with E-state index < -0.39 is 0 Å². The molecule has 1 saturated heterocycles. The fourth-order valence-corrected chi connectivity index (χ4v) is 2.04. The number of anilines is 1. The Morgan fingerprint density at radius 2 is 2.05 bits per heavy atom. The van der Waals surface area contributed by atoms with Gasteiger partial charge in [0.2, 0.25) is 5.91 Å². The van der Waals surface area contributed by atoms with Crippen LogP contribution in [-0.4, -0.2) is 43.3 Å². The third kappa shape index (κ3) is 3.81. The molecule has 108 valence electrons. The highest BCUT2D eigenvalue weighted by molar-refractivity contribution is 5.95. The summed E-state index contributed by atoms with van der Waals surface area (Å²) in [5.74, 6) is 0.986. The van der Waals surface area contributed by atoms with Gasteiger partial charge in [-0.3, -0.25) is 4.79 Å². The van der Waals surface area contributed by atoms with Crippen LogP contribution in [0.4, 0.5) is 11.4 Å². The standard InChI is InChI=1S/C15H22N4O/c1-11(19(2)3)17-12-6-8-13(9-7-12)18-15(20)14-5-4-10-16-14/h6-9,14,16H,4-5,10H2,1-3H3,(H,18,20)/t14-/m0/s1. The van der Waals surface area contributed by atoms with Gasteiger partial charge in [0.1, 0.15) is 5.84 Å². The Labute approximate surface area is 120 Å². The van der Waals surface area contributed by atoms with E-state index in [2.05, 4.69) is 15.6 Å². The quantitative estimate of drug-likeness (QED) is 0.654. The summed E-state index contributed by atoms with van der Waals surface area (Å²) in [6.45, 7) is 2.89. The van der Waals surface area contributed by atoms with Crippen LogP contribution in [0.1, 0.15) is 19.8 Å². The molecule has 1 aromatic rings. The molecule has 1 aliphatic rings. The molecule has 1 fully saturated rings. The Morgan fingerprint density at radius 1 is 1.35 bits per heavy atom. The second-order valence-electron chi connectivity index (χ2n) is 5.24. The van der Waals surface area contributed by atoms with Crippen molar-refractivity contribution in [3.63, 3.8) is 0 Å². The zero-order chi connectivity index (χ0) is 14.5. The van der Waals surface area contributed by atoms with Crippen molar-refractivity contribution in [1.82, 2.24) is 10.2 Å². The number of rotatable bonds is 3. The largest absolute Gasteiger partial charge is 0.366 e. The summed E-state index contributed by atoms with van der Waals surface area (Å²) in [6, 6.07) is 7.53. The maximum Gasteiger partial charge on any atom is 0.241 e. The molecular weight excluding hydrogens is 252 g/mol. The molecule has 0 bridgehead atoms. The normalized spacial score (nSPS) is 18.9. The molecule has 1 atom stereocenters. The van der Waals surface area contributed by atoms with Crippen LogP contribution in [0.25, 0.3) is 0 Å². The highest BCUT2D eigenvalue weighted by Gasteiger charge is 2.21. The van der Waals surface area contributed by atoms with Gasteiger partial charge < -0.3 is 15.5 Å². The minimum atomic E-state index is -0.0521. The van der Waals surface area contributed by atoms with Crippen LogP contribution < -0.4 is 10.6 Å². The number of hydrogen-bond donors (Lipinski definition) is 2. The van der Waals surface area contributed by atoms with Gasteiger partial charge in [-0.15, -0.1) is 0 Å². The predicted molar refractivity (Wildman–Crippen MR) is 82.6 cm³/mol. The van der Waals surface area contributed by atoms with E-state index in [0.717, 1.165) is 36.6 Å². The van der Waals surface area contributed by atoms with Crippen molar-refractivity contribution in [2.24, 2.45) is 4.99 Å². The van der Waals surface area contributed by atoms with Gasteiger partial charge in [-0.25, -0.2) is 4.99 Å². The van der Waals surface area contributed by atoms with Crippen molar-refractivity contribution in [2.45, 2.75) is 25.8 Å². The van der Waals surface area contributed by atoms with Crippen LogP contribution in [0.5, 0.6) is 0 Å². The Hall–Kier alpha value is -1.88. The molecule has 2 rings (SSSR count). The van der Waals surface area contributed by atoms with Gasteiger partial charge in [0.15, 0.2) is 0 Å². The second kappa shape index (κ2) is 6.52. The minimum absolute atomic E-state index is 0.0447. The molecule has 0 spiro atoms. The maximum absolute atomic E-state index is 12.0. The number of amides is 1. The first kappa shape index (κ1) is 14.5. The molecule has 1 amide bonds. The Balaban J connectivity index is 1.97. The van der Waals surface area contributed by atoms with Crippen molar-refractivity contribution in [1.29, 1.82) is 0 Å². The van der Waals surface area contributed by atoms with Gasteiger partial charge in [-0.2, -0.15) is 0 Å². The molecule has 20 heavy (non-hydrogen) atoms. The van der Waals surface area contributed by atoms with E-state index in [9.17, 15) is 4.79 Å². The molecule has 5 nitrogen and oxygen atoms in total. The summed E-state index contributed by atoms with van der Waals surface area (Å²) in [5, 5.41) is 6.11. The summed E-state index contributed by atoms with van der Waals surface area (Å²) in [4.78, 5) is 18.4. The first-order valence-corrected chi connectivity index (χ1v) is 6.93. The molecular formula is C15H22N4O. The molecule has 1 heterocycles. The number of nitrogens with one attached hydrogen (secondary N) is 2. The van der Waals surface area contributed by atoms with E-state index in [4.69, 9.17) is 0 Å². The first-order valence-electron chi connectivity index (χ1n) is 6.93. The van der Waals surface area contributed by atoms with Crippen molar-refractivity contribution in [2.75, 3.05) is 26.0 Å². The van der Waals surface area contributed by atoms with Crippen LogP contribution in [0.2, 0.25) is 0 Å². The molecule has 1 aliphatic heterocycles.